The summed E-state index contributed by atoms with van der Waals surface area (Å²) < 4.78 is 0.855. The highest BCUT2D eigenvalue weighted by molar-refractivity contribution is 9.10. The molecule has 0 radical (unpaired) electrons. The highest BCUT2D eigenvalue weighted by atomic mass is 79.9. The van der Waals surface area contributed by atoms with Crippen LogP contribution in [0.2, 0.25) is 0 Å². The summed E-state index contributed by atoms with van der Waals surface area (Å²) in [5.41, 5.74) is 0. The second kappa shape index (κ2) is 7.93. The highest BCUT2D eigenvalue weighted by Crippen LogP contribution is 2.15. The van der Waals surface area contributed by atoms with Crippen molar-refractivity contribution in [3.05, 3.63) is 16.5 Å². The average Bonchev–Trinajstić information content (AvgIpc) is 2.26. The van der Waals surface area contributed by atoms with Gasteiger partial charge in [-0.3, -0.25) is 0 Å². The van der Waals surface area contributed by atoms with Crippen LogP contribution < -0.4 is 5.32 Å². The number of hydrogen-bond donors (Lipinski definition) is 1. The van der Waals surface area contributed by atoms with E-state index in [-0.39, 0.29) is 0 Å². The van der Waals surface area contributed by atoms with E-state index in [9.17, 15) is 0 Å². The average molecular weight is 318 g/mol. The molecule has 0 aliphatic rings. The third-order valence-electron chi connectivity index (χ3n) is 2.18. The first kappa shape index (κ1) is 14.8. The Morgan fingerprint density at radius 3 is 2.82 bits per heavy atom. The lowest BCUT2D eigenvalue weighted by atomic mass is 10.3. The van der Waals surface area contributed by atoms with Crippen molar-refractivity contribution in [3.8, 4) is 0 Å². The van der Waals surface area contributed by atoms with Gasteiger partial charge in [0.15, 0.2) is 0 Å². The fraction of sp³-hybridized carbons (Fsp3) is 0.667. The second-order valence-corrected chi connectivity index (χ2v) is 6.08. The molecule has 0 saturated heterocycles. The minimum absolute atomic E-state index is 0.427. The van der Waals surface area contributed by atoms with Gasteiger partial charge in [-0.2, -0.15) is 11.8 Å². The van der Waals surface area contributed by atoms with Gasteiger partial charge in [0.1, 0.15) is 16.2 Å². The molecule has 96 valence electrons. The molecule has 0 saturated carbocycles. The Morgan fingerprint density at radius 1 is 1.41 bits per heavy atom. The van der Waals surface area contributed by atoms with Crippen molar-refractivity contribution >= 4 is 33.5 Å². The van der Waals surface area contributed by atoms with Gasteiger partial charge in [-0.25, -0.2) is 9.97 Å². The maximum atomic E-state index is 4.51. The lowest BCUT2D eigenvalue weighted by molar-refractivity contribution is 0.819. The van der Waals surface area contributed by atoms with E-state index in [1.165, 1.54) is 0 Å². The van der Waals surface area contributed by atoms with Gasteiger partial charge in [-0.1, -0.05) is 13.8 Å². The molecule has 1 aromatic rings. The number of aromatic nitrogens is 2. The van der Waals surface area contributed by atoms with E-state index in [1.54, 1.807) is 0 Å². The molecule has 1 rings (SSSR count). The molecule has 0 aliphatic carbocycles. The summed E-state index contributed by atoms with van der Waals surface area (Å²) in [6.45, 7) is 6.49. The van der Waals surface area contributed by atoms with Crippen LogP contribution in [0.4, 0.5) is 5.82 Å². The lowest BCUT2D eigenvalue weighted by Crippen LogP contribution is -2.19. The van der Waals surface area contributed by atoms with Gasteiger partial charge >= 0.3 is 0 Å². The molecule has 1 unspecified atom stereocenters. The molecule has 3 nitrogen and oxygen atoms in total. The number of halogens is 1. The van der Waals surface area contributed by atoms with Crippen molar-refractivity contribution in [1.82, 2.24) is 9.97 Å². The summed E-state index contributed by atoms with van der Waals surface area (Å²) in [7, 11) is 0. The zero-order chi connectivity index (χ0) is 12.7. The van der Waals surface area contributed by atoms with Gasteiger partial charge in [0.05, 0.1) is 0 Å². The Bertz CT molecular complexity index is 347. The van der Waals surface area contributed by atoms with Gasteiger partial charge in [0.25, 0.3) is 0 Å². The predicted octanol–water partition coefficient (Wildman–Crippen LogP) is 3.75. The fourth-order valence-electron chi connectivity index (χ4n) is 1.46. The maximum Gasteiger partial charge on any atom is 0.132 e. The van der Waals surface area contributed by atoms with Gasteiger partial charge in [0.2, 0.25) is 0 Å². The van der Waals surface area contributed by atoms with Gasteiger partial charge in [-0.15, -0.1) is 0 Å². The standard InChI is InChI=1S/C12H20BrN3S/c1-4-6-11-15-10(13)7-12(16-11)14-9(3)8-17-5-2/h7,9H,4-6,8H2,1-3H3,(H,14,15,16). The van der Waals surface area contributed by atoms with Crippen molar-refractivity contribution in [2.24, 2.45) is 0 Å². The third-order valence-corrected chi connectivity index (χ3v) is 3.73. The molecular weight excluding hydrogens is 298 g/mol. The van der Waals surface area contributed by atoms with Crippen molar-refractivity contribution in [3.63, 3.8) is 0 Å². The molecule has 1 aromatic heterocycles. The minimum atomic E-state index is 0.427. The minimum Gasteiger partial charge on any atom is -0.367 e. The van der Waals surface area contributed by atoms with Crippen molar-refractivity contribution in [2.45, 2.75) is 39.7 Å². The number of rotatable bonds is 7. The first-order valence-corrected chi connectivity index (χ1v) is 7.98. The largest absolute Gasteiger partial charge is 0.367 e. The van der Waals surface area contributed by atoms with Crippen LogP contribution in [0.15, 0.2) is 10.7 Å². The van der Waals surface area contributed by atoms with Crippen molar-refractivity contribution in [1.29, 1.82) is 0 Å². The highest BCUT2D eigenvalue weighted by Gasteiger charge is 2.06. The lowest BCUT2D eigenvalue weighted by Gasteiger charge is -2.14. The van der Waals surface area contributed by atoms with Crippen LogP contribution in [0.1, 0.15) is 33.0 Å². The topological polar surface area (TPSA) is 37.8 Å². The summed E-state index contributed by atoms with van der Waals surface area (Å²) in [6, 6.07) is 2.36. The van der Waals surface area contributed by atoms with Crippen LogP contribution in [0.3, 0.4) is 0 Å². The number of anilines is 1. The molecule has 17 heavy (non-hydrogen) atoms. The Balaban J connectivity index is 2.63. The molecule has 0 fully saturated rings. The van der Waals surface area contributed by atoms with E-state index < -0.39 is 0 Å². The van der Waals surface area contributed by atoms with E-state index in [2.05, 4.69) is 52.0 Å². The molecule has 1 N–H and O–H groups in total. The van der Waals surface area contributed by atoms with Crippen LogP contribution in [0.25, 0.3) is 0 Å². The summed E-state index contributed by atoms with van der Waals surface area (Å²) in [4.78, 5) is 8.86. The predicted molar refractivity (Wildman–Crippen MR) is 79.8 cm³/mol. The molecule has 0 spiro atoms. The molecular formula is C12H20BrN3S. The van der Waals surface area contributed by atoms with Gasteiger partial charge < -0.3 is 5.32 Å². The Hall–Kier alpha value is -0.290. The number of nitrogens with zero attached hydrogens (tertiary/aromatic N) is 2. The first-order valence-electron chi connectivity index (χ1n) is 6.03. The summed E-state index contributed by atoms with van der Waals surface area (Å²) in [5.74, 6) is 4.07. The SMILES string of the molecule is CCCc1nc(Br)cc(NC(C)CSCC)n1. The van der Waals surface area contributed by atoms with E-state index >= 15 is 0 Å². The molecule has 0 amide bonds. The van der Waals surface area contributed by atoms with Crippen molar-refractivity contribution < 1.29 is 0 Å². The Kier molecular flexibility index (Phi) is 6.89. The molecule has 1 heterocycles. The van der Waals surface area contributed by atoms with Crippen molar-refractivity contribution in [2.75, 3.05) is 16.8 Å². The normalized spacial score (nSPS) is 12.5. The van der Waals surface area contributed by atoms with Crippen LogP contribution in [-0.4, -0.2) is 27.5 Å². The van der Waals surface area contributed by atoms with Gasteiger partial charge in [-0.05, 0) is 35.0 Å². The zero-order valence-corrected chi connectivity index (χ0v) is 13.1. The third kappa shape index (κ3) is 5.73. The molecule has 0 aromatic carbocycles. The monoisotopic (exact) mass is 317 g/mol. The second-order valence-electron chi connectivity index (χ2n) is 3.95. The van der Waals surface area contributed by atoms with E-state index in [1.807, 2.05) is 17.8 Å². The number of aryl methyl sites for hydroxylation is 1. The smallest absolute Gasteiger partial charge is 0.132 e. The Morgan fingerprint density at radius 2 is 2.18 bits per heavy atom. The number of hydrogen-bond acceptors (Lipinski definition) is 4. The molecule has 1 atom stereocenters. The van der Waals surface area contributed by atoms with Crippen LogP contribution in [-0.2, 0) is 6.42 Å². The number of thioether (sulfide) groups is 1. The summed E-state index contributed by atoms with van der Waals surface area (Å²) >= 11 is 5.37. The van der Waals surface area contributed by atoms with E-state index in [0.29, 0.717) is 6.04 Å². The summed E-state index contributed by atoms with van der Waals surface area (Å²) in [6.07, 6.45) is 1.99. The van der Waals surface area contributed by atoms with E-state index in [0.717, 1.165) is 40.6 Å². The van der Waals surface area contributed by atoms with Crippen LogP contribution >= 0.6 is 27.7 Å². The first-order chi connectivity index (χ1) is 8.15. The summed E-state index contributed by atoms with van der Waals surface area (Å²) in [5, 5.41) is 3.41. The number of nitrogens with one attached hydrogen (secondary N) is 1. The Labute approximate surface area is 116 Å². The van der Waals surface area contributed by atoms with Crippen LogP contribution in [0, 0.1) is 0 Å². The fourth-order valence-corrected chi connectivity index (χ4v) is 2.56. The molecule has 0 bridgehead atoms. The molecule has 0 aliphatic heterocycles. The molecule has 5 heteroatoms. The van der Waals surface area contributed by atoms with Crippen LogP contribution in [0.5, 0.6) is 0 Å². The quantitative estimate of drug-likeness (QED) is 0.777. The maximum absolute atomic E-state index is 4.51. The van der Waals surface area contributed by atoms with Gasteiger partial charge in [0, 0.05) is 24.3 Å². The van der Waals surface area contributed by atoms with E-state index in [4.69, 9.17) is 0 Å². The zero-order valence-electron chi connectivity index (χ0n) is 10.7.